The summed E-state index contributed by atoms with van der Waals surface area (Å²) in [6, 6.07) is 0. The fourth-order valence-electron chi connectivity index (χ4n) is 2.75. The summed E-state index contributed by atoms with van der Waals surface area (Å²) in [5.74, 6) is -0.255. The molecule has 0 radical (unpaired) electrons. The minimum absolute atomic E-state index is 0.0299. The summed E-state index contributed by atoms with van der Waals surface area (Å²) in [4.78, 5) is 47.2. The molecule has 0 aromatic carbocycles. The van der Waals surface area contributed by atoms with Crippen LogP contribution in [-0.4, -0.2) is 74.2 Å². The van der Waals surface area contributed by atoms with Crippen molar-refractivity contribution in [2.45, 2.75) is 24.5 Å². The monoisotopic (exact) mass is 522 g/mol. The maximum atomic E-state index is 11.8. The van der Waals surface area contributed by atoms with Crippen LogP contribution in [0.3, 0.4) is 0 Å². The maximum Gasteiger partial charge on any atom is 0.490 e. The van der Waals surface area contributed by atoms with Crippen molar-refractivity contribution in [3.05, 3.63) is 6.33 Å². The van der Waals surface area contributed by atoms with E-state index >= 15 is 0 Å². The van der Waals surface area contributed by atoms with Gasteiger partial charge in [0.1, 0.15) is 24.6 Å². The first kappa shape index (κ1) is 25.1. The number of hydrogen-bond donors (Lipinski definition) is 8. The van der Waals surface area contributed by atoms with E-state index < -0.39 is 54.6 Å². The largest absolute Gasteiger partial charge is 0.490 e. The van der Waals surface area contributed by atoms with E-state index in [4.69, 9.17) is 30.9 Å². The third-order valence-electron chi connectivity index (χ3n) is 3.94. The van der Waals surface area contributed by atoms with Gasteiger partial charge in [-0.3, -0.25) is 9.09 Å². The van der Waals surface area contributed by atoms with Crippen molar-refractivity contribution in [1.82, 2.24) is 19.5 Å². The number of aliphatic hydroxyl groups excluding tert-OH is 2. The van der Waals surface area contributed by atoms with Crippen LogP contribution in [0.25, 0.3) is 11.2 Å². The van der Waals surface area contributed by atoms with Crippen molar-refractivity contribution in [2.75, 3.05) is 18.1 Å². The van der Waals surface area contributed by atoms with Gasteiger partial charge in [0, 0.05) is 0 Å². The Kier molecular flexibility index (Phi) is 6.78. The second kappa shape index (κ2) is 8.66. The SMILES string of the molecule is Nc1ncnc2c1nc(N)n2C1OC(COP(=O)(O)OP(=O)(O)OP(=O)(O)O)C(O)C1O. The Bertz CT molecular complexity index is 1150. The molecule has 19 nitrogen and oxygen atoms in total. The lowest BCUT2D eigenvalue weighted by Gasteiger charge is -2.19. The second-order valence-corrected chi connectivity index (χ2v) is 10.6. The van der Waals surface area contributed by atoms with Crippen LogP contribution in [0.15, 0.2) is 6.33 Å². The van der Waals surface area contributed by atoms with Gasteiger partial charge in [-0.05, 0) is 0 Å². The van der Waals surface area contributed by atoms with Crippen LogP contribution in [0.4, 0.5) is 11.8 Å². The van der Waals surface area contributed by atoms with E-state index in [1.807, 2.05) is 0 Å². The third kappa shape index (κ3) is 5.49. The van der Waals surface area contributed by atoms with Crippen LogP contribution in [0.2, 0.25) is 0 Å². The van der Waals surface area contributed by atoms with Crippen LogP contribution in [0.5, 0.6) is 0 Å². The Hall–Kier alpha value is -1.56. The number of imidazole rings is 1. The number of rotatable bonds is 8. The first-order valence-electron chi connectivity index (χ1n) is 8.14. The summed E-state index contributed by atoms with van der Waals surface area (Å²) in [5.41, 5.74) is 11.6. The van der Waals surface area contributed by atoms with Crippen LogP contribution in [0, 0.1) is 0 Å². The van der Waals surface area contributed by atoms with Crippen molar-refractivity contribution in [1.29, 1.82) is 0 Å². The Labute approximate surface area is 177 Å². The number of nitrogens with zero attached hydrogens (tertiary/aromatic N) is 4. The highest BCUT2D eigenvalue weighted by atomic mass is 31.3. The summed E-state index contributed by atoms with van der Waals surface area (Å²) in [5, 5.41) is 20.5. The molecule has 2 aromatic heterocycles. The number of nitrogens with two attached hydrogens (primary N) is 2. The van der Waals surface area contributed by atoms with E-state index in [0.29, 0.717) is 0 Å². The van der Waals surface area contributed by atoms with Gasteiger partial charge in [-0.1, -0.05) is 0 Å². The molecule has 3 rings (SSSR count). The van der Waals surface area contributed by atoms with Crippen molar-refractivity contribution in [3.63, 3.8) is 0 Å². The molecular weight excluding hydrogens is 505 g/mol. The molecule has 22 heteroatoms. The van der Waals surface area contributed by atoms with E-state index in [1.165, 1.54) is 0 Å². The lowest BCUT2D eigenvalue weighted by molar-refractivity contribution is -0.0493. The number of fused-ring (bicyclic) bond motifs is 1. The predicted octanol–water partition coefficient (Wildman–Crippen LogP) is -2.05. The van der Waals surface area contributed by atoms with Crippen molar-refractivity contribution in [3.8, 4) is 0 Å². The van der Waals surface area contributed by atoms with Crippen LogP contribution in [0.1, 0.15) is 6.23 Å². The molecule has 3 heterocycles. The minimum Gasteiger partial charge on any atom is -0.387 e. The number of hydrogen-bond acceptors (Lipinski definition) is 14. The van der Waals surface area contributed by atoms with Gasteiger partial charge >= 0.3 is 23.5 Å². The highest BCUT2D eigenvalue weighted by Gasteiger charge is 2.47. The standard InChI is InChI=1S/C10H17N6O13P3/c11-7-4-8(14-2-13-7)16(10(12)15-4)9-6(18)5(17)3(27-9)1-26-31(22,23)29-32(24,25)28-30(19,20)21/h2-3,5-6,9,17-18H,1H2,(H2,12,15)(H,22,23)(H,24,25)(H2,11,13,14)(H2,19,20,21). The maximum absolute atomic E-state index is 11.8. The Morgan fingerprint density at radius 3 is 2.31 bits per heavy atom. The number of nitrogen functional groups attached to an aromatic ring is 2. The molecular formula is C10H17N6O13P3. The van der Waals surface area contributed by atoms with Gasteiger partial charge < -0.3 is 46.0 Å². The molecule has 1 aliphatic rings. The Morgan fingerprint density at radius 2 is 1.69 bits per heavy atom. The average molecular weight is 522 g/mol. The summed E-state index contributed by atoms with van der Waals surface area (Å²) in [7, 11) is -16.8. The minimum atomic E-state index is -5.72. The molecule has 1 saturated heterocycles. The van der Waals surface area contributed by atoms with Gasteiger partial charge in [0.15, 0.2) is 23.2 Å². The molecule has 32 heavy (non-hydrogen) atoms. The summed E-state index contributed by atoms with van der Waals surface area (Å²) < 4.78 is 51.8. The quantitative estimate of drug-likeness (QED) is 0.173. The molecule has 0 bridgehead atoms. The van der Waals surface area contributed by atoms with Gasteiger partial charge in [-0.2, -0.15) is 8.62 Å². The van der Waals surface area contributed by atoms with Crippen LogP contribution in [-0.2, 0) is 31.6 Å². The fourth-order valence-corrected chi connectivity index (χ4v) is 5.77. The molecule has 0 spiro atoms. The topological polar surface area (TPSA) is 305 Å². The molecule has 1 aliphatic heterocycles. The lowest BCUT2D eigenvalue weighted by Crippen LogP contribution is -2.33. The second-order valence-electron chi connectivity index (χ2n) is 6.20. The molecule has 0 saturated carbocycles. The van der Waals surface area contributed by atoms with E-state index in [9.17, 15) is 28.8 Å². The van der Waals surface area contributed by atoms with E-state index in [-0.39, 0.29) is 22.9 Å². The average Bonchev–Trinajstić information content (AvgIpc) is 3.08. The number of aromatic nitrogens is 4. The number of ether oxygens (including phenoxy) is 1. The normalized spacial score (nSPS) is 27.9. The van der Waals surface area contributed by atoms with Gasteiger partial charge in [0.25, 0.3) is 0 Å². The van der Waals surface area contributed by atoms with Crippen molar-refractivity contribution in [2.24, 2.45) is 0 Å². The zero-order valence-corrected chi connectivity index (χ0v) is 18.1. The zero-order valence-electron chi connectivity index (χ0n) is 15.4. The Balaban J connectivity index is 1.73. The van der Waals surface area contributed by atoms with E-state index in [1.54, 1.807) is 0 Å². The van der Waals surface area contributed by atoms with Gasteiger partial charge in [-0.25, -0.2) is 28.6 Å². The number of phosphoric acid groups is 3. The molecule has 2 aromatic rings. The predicted molar refractivity (Wildman–Crippen MR) is 99.9 cm³/mol. The number of phosphoric ester groups is 1. The zero-order chi connectivity index (χ0) is 24.1. The molecule has 6 unspecified atom stereocenters. The third-order valence-corrected chi connectivity index (χ3v) is 7.74. The van der Waals surface area contributed by atoms with Crippen LogP contribution < -0.4 is 11.5 Å². The highest BCUT2D eigenvalue weighted by Crippen LogP contribution is 2.66. The number of aliphatic hydroxyl groups is 2. The fraction of sp³-hybridized carbons (Fsp3) is 0.500. The Morgan fingerprint density at radius 1 is 1.03 bits per heavy atom. The van der Waals surface area contributed by atoms with Gasteiger partial charge in [0.2, 0.25) is 5.95 Å². The first-order valence-corrected chi connectivity index (χ1v) is 12.7. The smallest absolute Gasteiger partial charge is 0.387 e. The molecule has 0 amide bonds. The van der Waals surface area contributed by atoms with Crippen molar-refractivity contribution >= 4 is 46.4 Å². The molecule has 0 aliphatic carbocycles. The molecule has 6 atom stereocenters. The first-order chi connectivity index (χ1) is 14.6. The number of anilines is 2. The molecule has 10 N–H and O–H groups in total. The molecule has 1 fully saturated rings. The summed E-state index contributed by atoms with van der Waals surface area (Å²) in [6.07, 6.45) is -5.27. The molecule has 180 valence electrons. The van der Waals surface area contributed by atoms with Gasteiger partial charge in [0.05, 0.1) is 6.61 Å². The van der Waals surface area contributed by atoms with E-state index in [0.717, 1.165) is 10.9 Å². The van der Waals surface area contributed by atoms with Crippen LogP contribution >= 0.6 is 23.5 Å². The summed E-state index contributed by atoms with van der Waals surface area (Å²) >= 11 is 0. The summed E-state index contributed by atoms with van der Waals surface area (Å²) in [6.45, 7) is -0.998. The highest BCUT2D eigenvalue weighted by molar-refractivity contribution is 7.66. The van der Waals surface area contributed by atoms with E-state index in [2.05, 4.69) is 28.1 Å². The van der Waals surface area contributed by atoms with Gasteiger partial charge in [-0.15, -0.1) is 0 Å². The lowest BCUT2D eigenvalue weighted by atomic mass is 10.1. The van der Waals surface area contributed by atoms with Crippen molar-refractivity contribution < 1.29 is 61.4 Å².